The lowest BCUT2D eigenvalue weighted by Crippen LogP contribution is -2.48. The second kappa shape index (κ2) is 6.38. The summed E-state index contributed by atoms with van der Waals surface area (Å²) < 4.78 is 0. The van der Waals surface area contributed by atoms with E-state index in [0.717, 1.165) is 22.2 Å². The van der Waals surface area contributed by atoms with Gasteiger partial charge in [0.1, 0.15) is 6.04 Å². The Bertz CT molecular complexity index is 665. The van der Waals surface area contributed by atoms with Gasteiger partial charge in [0.15, 0.2) is 0 Å². The number of aromatic nitrogens is 1. The average Bonchev–Trinajstić information content (AvgIpc) is 2.80. The van der Waals surface area contributed by atoms with Gasteiger partial charge in [-0.25, -0.2) is 5.48 Å². The highest BCUT2D eigenvalue weighted by atomic mass is 16.5. The van der Waals surface area contributed by atoms with Crippen molar-refractivity contribution in [1.82, 2.24) is 15.8 Å². The number of carbonyl (C=O) groups excluding carboxylic acids is 2. The SMILES string of the molecule is Cc1[nH]c2ccccc2c1CC(=O)N[C@@H](CO)C(=O)NO. The van der Waals surface area contributed by atoms with Gasteiger partial charge < -0.3 is 15.4 Å². The maximum atomic E-state index is 12.0. The van der Waals surface area contributed by atoms with Gasteiger partial charge in [-0.2, -0.15) is 0 Å². The van der Waals surface area contributed by atoms with Crippen LogP contribution in [0, 0.1) is 6.92 Å². The average molecular weight is 291 g/mol. The lowest BCUT2D eigenvalue weighted by atomic mass is 10.1. The number of carbonyl (C=O) groups is 2. The number of aliphatic hydroxyl groups is 1. The lowest BCUT2D eigenvalue weighted by molar-refractivity contribution is -0.135. The predicted octanol–water partition coefficient (Wildman–Crippen LogP) is 0.00132. The molecule has 7 nitrogen and oxygen atoms in total. The fourth-order valence-corrected chi connectivity index (χ4v) is 2.24. The van der Waals surface area contributed by atoms with Crippen LogP contribution in [0.2, 0.25) is 0 Å². The van der Waals surface area contributed by atoms with E-state index in [1.165, 1.54) is 5.48 Å². The van der Waals surface area contributed by atoms with Crippen LogP contribution in [0.5, 0.6) is 0 Å². The number of hydroxylamine groups is 1. The van der Waals surface area contributed by atoms with E-state index in [-0.39, 0.29) is 6.42 Å². The molecule has 2 amide bonds. The highest BCUT2D eigenvalue weighted by molar-refractivity contribution is 5.92. The second-order valence-electron chi connectivity index (χ2n) is 4.73. The number of para-hydroxylation sites is 1. The van der Waals surface area contributed by atoms with Crippen LogP contribution in [-0.2, 0) is 16.0 Å². The molecular formula is C14H17N3O4. The number of aromatic amines is 1. The molecule has 1 aromatic heterocycles. The first-order chi connectivity index (χ1) is 10.1. The zero-order valence-corrected chi connectivity index (χ0v) is 11.5. The largest absolute Gasteiger partial charge is 0.394 e. The highest BCUT2D eigenvalue weighted by Gasteiger charge is 2.20. The molecule has 2 aromatic rings. The van der Waals surface area contributed by atoms with Crippen molar-refractivity contribution in [3.05, 3.63) is 35.5 Å². The van der Waals surface area contributed by atoms with Gasteiger partial charge in [0, 0.05) is 16.6 Å². The van der Waals surface area contributed by atoms with E-state index in [2.05, 4.69) is 10.3 Å². The third-order valence-corrected chi connectivity index (χ3v) is 3.31. The van der Waals surface area contributed by atoms with E-state index in [1.807, 2.05) is 31.2 Å². The molecule has 1 heterocycles. The van der Waals surface area contributed by atoms with Crippen LogP contribution in [0.3, 0.4) is 0 Å². The molecule has 0 bridgehead atoms. The molecule has 2 rings (SSSR count). The molecule has 5 N–H and O–H groups in total. The Labute approximate surface area is 120 Å². The molecule has 7 heteroatoms. The monoisotopic (exact) mass is 291 g/mol. The molecule has 0 unspecified atom stereocenters. The Balaban J connectivity index is 2.14. The Hall–Kier alpha value is -2.38. The van der Waals surface area contributed by atoms with E-state index < -0.39 is 24.5 Å². The minimum Gasteiger partial charge on any atom is -0.394 e. The van der Waals surface area contributed by atoms with E-state index in [4.69, 9.17) is 10.3 Å². The molecule has 112 valence electrons. The van der Waals surface area contributed by atoms with Crippen molar-refractivity contribution in [2.75, 3.05) is 6.61 Å². The van der Waals surface area contributed by atoms with E-state index >= 15 is 0 Å². The third-order valence-electron chi connectivity index (χ3n) is 3.31. The quantitative estimate of drug-likeness (QED) is 0.394. The van der Waals surface area contributed by atoms with E-state index in [9.17, 15) is 9.59 Å². The van der Waals surface area contributed by atoms with Crippen LogP contribution in [0.1, 0.15) is 11.3 Å². The molecule has 0 saturated carbocycles. The van der Waals surface area contributed by atoms with Crippen molar-refractivity contribution in [3.8, 4) is 0 Å². The fraction of sp³-hybridized carbons (Fsp3) is 0.286. The number of aliphatic hydroxyl groups excluding tert-OH is 1. The topological polar surface area (TPSA) is 114 Å². The van der Waals surface area contributed by atoms with Gasteiger partial charge >= 0.3 is 0 Å². The van der Waals surface area contributed by atoms with Crippen LogP contribution >= 0.6 is 0 Å². The maximum absolute atomic E-state index is 12.0. The Morgan fingerprint density at radius 3 is 2.71 bits per heavy atom. The van der Waals surface area contributed by atoms with Crippen molar-refractivity contribution < 1.29 is 19.9 Å². The van der Waals surface area contributed by atoms with Gasteiger partial charge in [-0.15, -0.1) is 0 Å². The van der Waals surface area contributed by atoms with Crippen LogP contribution in [-0.4, -0.2) is 39.8 Å². The zero-order valence-electron chi connectivity index (χ0n) is 11.5. The minimum atomic E-state index is -1.17. The Morgan fingerprint density at radius 1 is 1.33 bits per heavy atom. The first-order valence-electron chi connectivity index (χ1n) is 6.47. The molecule has 1 aromatic carbocycles. The van der Waals surface area contributed by atoms with Crippen molar-refractivity contribution in [3.63, 3.8) is 0 Å². The number of hydrogen-bond donors (Lipinski definition) is 5. The van der Waals surface area contributed by atoms with Gasteiger partial charge in [-0.05, 0) is 18.6 Å². The maximum Gasteiger partial charge on any atom is 0.268 e. The predicted molar refractivity (Wildman–Crippen MR) is 75.7 cm³/mol. The molecule has 0 saturated heterocycles. The van der Waals surface area contributed by atoms with Crippen LogP contribution in [0.15, 0.2) is 24.3 Å². The van der Waals surface area contributed by atoms with Crippen LogP contribution in [0.25, 0.3) is 10.9 Å². The minimum absolute atomic E-state index is 0.0745. The fourth-order valence-electron chi connectivity index (χ4n) is 2.24. The summed E-state index contributed by atoms with van der Waals surface area (Å²) in [7, 11) is 0. The number of rotatable bonds is 5. The van der Waals surface area contributed by atoms with Gasteiger partial charge in [-0.1, -0.05) is 18.2 Å². The van der Waals surface area contributed by atoms with Crippen molar-refractivity contribution in [2.45, 2.75) is 19.4 Å². The van der Waals surface area contributed by atoms with Gasteiger partial charge in [0.2, 0.25) is 5.91 Å². The molecule has 0 aliphatic carbocycles. The summed E-state index contributed by atoms with van der Waals surface area (Å²) in [6, 6.07) is 6.43. The number of aryl methyl sites for hydroxylation is 1. The van der Waals surface area contributed by atoms with Crippen molar-refractivity contribution in [1.29, 1.82) is 0 Å². The zero-order chi connectivity index (χ0) is 15.4. The van der Waals surface area contributed by atoms with Crippen LogP contribution in [0.4, 0.5) is 0 Å². The highest BCUT2D eigenvalue weighted by Crippen LogP contribution is 2.22. The molecule has 0 aliphatic rings. The van der Waals surface area contributed by atoms with Crippen molar-refractivity contribution >= 4 is 22.7 Å². The number of hydrogen-bond acceptors (Lipinski definition) is 4. The molecule has 0 aliphatic heterocycles. The summed E-state index contributed by atoms with van der Waals surface area (Å²) >= 11 is 0. The third kappa shape index (κ3) is 3.21. The number of amides is 2. The van der Waals surface area contributed by atoms with Crippen LogP contribution < -0.4 is 10.8 Å². The van der Waals surface area contributed by atoms with Gasteiger partial charge in [0.05, 0.1) is 13.0 Å². The summed E-state index contributed by atoms with van der Waals surface area (Å²) in [6.07, 6.45) is 0.0745. The summed E-state index contributed by atoms with van der Waals surface area (Å²) in [5.74, 6) is -1.27. The molecular weight excluding hydrogens is 274 g/mol. The molecule has 0 fully saturated rings. The van der Waals surface area contributed by atoms with Gasteiger partial charge in [0.25, 0.3) is 5.91 Å². The lowest BCUT2D eigenvalue weighted by Gasteiger charge is -2.14. The first kappa shape index (κ1) is 15.0. The summed E-state index contributed by atoms with van der Waals surface area (Å²) in [6.45, 7) is 1.28. The number of benzene rings is 1. The molecule has 0 radical (unpaired) electrons. The number of fused-ring (bicyclic) bond motifs is 1. The standard InChI is InChI=1S/C14H17N3O4/c1-8-10(9-4-2-3-5-11(9)15-8)6-13(19)16-12(7-18)14(20)17-21/h2-5,12,15,18,21H,6-7H2,1H3,(H,16,19)(H,17,20)/t12-/m0/s1. The summed E-state index contributed by atoms with van der Waals surface area (Å²) in [4.78, 5) is 26.4. The molecule has 1 atom stereocenters. The summed E-state index contributed by atoms with van der Waals surface area (Å²) in [5.41, 5.74) is 4.05. The Morgan fingerprint density at radius 2 is 2.05 bits per heavy atom. The van der Waals surface area contributed by atoms with Crippen molar-refractivity contribution in [2.24, 2.45) is 0 Å². The van der Waals surface area contributed by atoms with E-state index in [0.29, 0.717) is 0 Å². The first-order valence-corrected chi connectivity index (χ1v) is 6.47. The molecule has 21 heavy (non-hydrogen) atoms. The Kier molecular flexibility index (Phi) is 4.56. The second-order valence-corrected chi connectivity index (χ2v) is 4.73. The smallest absolute Gasteiger partial charge is 0.268 e. The number of H-pyrrole nitrogens is 1. The van der Waals surface area contributed by atoms with E-state index in [1.54, 1.807) is 0 Å². The van der Waals surface area contributed by atoms with Gasteiger partial charge in [-0.3, -0.25) is 14.8 Å². The normalized spacial score (nSPS) is 12.1. The number of nitrogens with one attached hydrogen (secondary N) is 3. The molecule has 0 spiro atoms. The summed E-state index contributed by atoms with van der Waals surface area (Å²) in [5, 5.41) is 20.9.